The van der Waals surface area contributed by atoms with Crippen LogP contribution in [0.1, 0.15) is 46.5 Å². The van der Waals surface area contributed by atoms with Crippen molar-refractivity contribution >= 4 is 5.97 Å². The number of methoxy groups -OCH3 is 1. The molecular formula is C13H24O3. The smallest absolute Gasteiger partial charge is 0.311 e. The van der Waals surface area contributed by atoms with Crippen LogP contribution < -0.4 is 0 Å². The van der Waals surface area contributed by atoms with Crippen LogP contribution in [0.25, 0.3) is 0 Å². The van der Waals surface area contributed by atoms with E-state index in [0.29, 0.717) is 5.92 Å². The predicted molar refractivity (Wildman–Crippen MR) is 62.9 cm³/mol. The molecular weight excluding hydrogens is 204 g/mol. The highest BCUT2D eigenvalue weighted by molar-refractivity contribution is 5.74. The Hall–Kier alpha value is -0.570. The van der Waals surface area contributed by atoms with Gasteiger partial charge in [0.2, 0.25) is 0 Å². The van der Waals surface area contributed by atoms with E-state index in [4.69, 9.17) is 4.74 Å². The van der Waals surface area contributed by atoms with Crippen molar-refractivity contribution in [2.75, 3.05) is 7.11 Å². The van der Waals surface area contributed by atoms with Gasteiger partial charge in [0.15, 0.2) is 0 Å². The van der Waals surface area contributed by atoms with E-state index in [1.54, 1.807) is 0 Å². The van der Waals surface area contributed by atoms with Crippen LogP contribution in [-0.4, -0.2) is 23.8 Å². The minimum Gasteiger partial charge on any atom is -0.469 e. The van der Waals surface area contributed by atoms with Gasteiger partial charge in [-0.2, -0.15) is 0 Å². The quantitative estimate of drug-likeness (QED) is 0.751. The number of esters is 1. The number of hydrogen-bond donors (Lipinski definition) is 1. The van der Waals surface area contributed by atoms with Crippen LogP contribution in [0.15, 0.2) is 0 Å². The zero-order valence-corrected chi connectivity index (χ0v) is 10.8. The van der Waals surface area contributed by atoms with Crippen LogP contribution in [0.5, 0.6) is 0 Å². The number of hydrogen-bond acceptors (Lipinski definition) is 3. The number of carbonyl (C=O) groups excluding carboxylic acids is 1. The highest BCUT2D eigenvalue weighted by atomic mass is 16.5. The summed E-state index contributed by atoms with van der Waals surface area (Å²) >= 11 is 0. The van der Waals surface area contributed by atoms with E-state index in [1.807, 2.05) is 13.8 Å². The lowest BCUT2D eigenvalue weighted by molar-refractivity contribution is -0.159. The van der Waals surface area contributed by atoms with Gasteiger partial charge in [-0.25, -0.2) is 0 Å². The summed E-state index contributed by atoms with van der Waals surface area (Å²) in [4.78, 5) is 11.8. The fourth-order valence-electron chi connectivity index (χ4n) is 3.03. The van der Waals surface area contributed by atoms with Crippen LogP contribution in [-0.2, 0) is 9.53 Å². The SMILES string of the molecule is CCC1CCC(O)(C(C(=O)OC)C(C)C)C1. The molecule has 0 bridgehead atoms. The molecule has 1 N–H and O–H groups in total. The largest absolute Gasteiger partial charge is 0.469 e. The van der Waals surface area contributed by atoms with Gasteiger partial charge in [0.1, 0.15) is 0 Å². The highest BCUT2D eigenvalue weighted by Gasteiger charge is 2.48. The van der Waals surface area contributed by atoms with Crippen molar-refractivity contribution in [3.05, 3.63) is 0 Å². The molecule has 1 fully saturated rings. The summed E-state index contributed by atoms with van der Waals surface area (Å²) in [5.41, 5.74) is -0.845. The molecule has 3 nitrogen and oxygen atoms in total. The number of aliphatic hydroxyl groups is 1. The Bertz CT molecular complexity index is 250. The molecule has 3 atom stereocenters. The zero-order chi connectivity index (χ0) is 12.3. The Kier molecular flexibility index (Phi) is 4.36. The van der Waals surface area contributed by atoms with Gasteiger partial charge in [-0.05, 0) is 31.1 Å². The summed E-state index contributed by atoms with van der Waals surface area (Å²) in [7, 11) is 1.40. The van der Waals surface area contributed by atoms with Gasteiger partial charge in [0, 0.05) is 0 Å². The molecule has 0 aromatic heterocycles. The fraction of sp³-hybridized carbons (Fsp3) is 0.923. The summed E-state index contributed by atoms with van der Waals surface area (Å²) in [6.45, 7) is 6.08. The summed E-state index contributed by atoms with van der Waals surface area (Å²) < 4.78 is 4.82. The summed E-state index contributed by atoms with van der Waals surface area (Å²) in [5.74, 6) is 0.0206. The van der Waals surface area contributed by atoms with Crippen LogP contribution in [0, 0.1) is 17.8 Å². The van der Waals surface area contributed by atoms with Gasteiger partial charge in [0.05, 0.1) is 18.6 Å². The molecule has 1 saturated carbocycles. The Morgan fingerprint density at radius 2 is 2.19 bits per heavy atom. The molecule has 0 amide bonds. The van der Waals surface area contributed by atoms with E-state index in [9.17, 15) is 9.90 Å². The van der Waals surface area contributed by atoms with Crippen LogP contribution in [0.2, 0.25) is 0 Å². The third-order valence-electron chi connectivity index (χ3n) is 3.91. The van der Waals surface area contributed by atoms with Crippen molar-refractivity contribution in [3.63, 3.8) is 0 Å². The Balaban J connectivity index is 2.82. The van der Waals surface area contributed by atoms with Crippen LogP contribution >= 0.6 is 0 Å². The maximum absolute atomic E-state index is 11.8. The van der Waals surface area contributed by atoms with Crippen molar-refractivity contribution in [1.29, 1.82) is 0 Å². The lowest BCUT2D eigenvalue weighted by Crippen LogP contribution is -2.44. The monoisotopic (exact) mass is 228 g/mol. The van der Waals surface area contributed by atoms with Gasteiger partial charge < -0.3 is 9.84 Å². The van der Waals surface area contributed by atoms with Crippen LogP contribution in [0.4, 0.5) is 0 Å². The minimum absolute atomic E-state index is 0.119. The first-order valence-electron chi connectivity index (χ1n) is 6.24. The fourth-order valence-corrected chi connectivity index (χ4v) is 3.03. The second kappa shape index (κ2) is 5.17. The molecule has 0 radical (unpaired) electrons. The molecule has 1 aliphatic carbocycles. The third-order valence-corrected chi connectivity index (χ3v) is 3.91. The van der Waals surface area contributed by atoms with E-state index >= 15 is 0 Å². The third kappa shape index (κ3) is 2.57. The molecule has 16 heavy (non-hydrogen) atoms. The summed E-state index contributed by atoms with van der Waals surface area (Å²) in [6, 6.07) is 0. The van der Waals surface area contributed by atoms with Crippen molar-refractivity contribution < 1.29 is 14.6 Å². The van der Waals surface area contributed by atoms with Gasteiger partial charge in [-0.3, -0.25) is 4.79 Å². The van der Waals surface area contributed by atoms with Gasteiger partial charge in [0.25, 0.3) is 0 Å². The molecule has 0 aromatic carbocycles. The molecule has 0 saturated heterocycles. The normalized spacial score (nSPS) is 31.8. The highest BCUT2D eigenvalue weighted by Crippen LogP contribution is 2.43. The maximum Gasteiger partial charge on any atom is 0.311 e. The first-order valence-corrected chi connectivity index (χ1v) is 6.24. The van der Waals surface area contributed by atoms with E-state index in [0.717, 1.165) is 25.7 Å². The zero-order valence-electron chi connectivity index (χ0n) is 10.8. The van der Waals surface area contributed by atoms with Crippen molar-refractivity contribution in [3.8, 4) is 0 Å². The molecule has 3 unspecified atom stereocenters. The van der Waals surface area contributed by atoms with E-state index in [-0.39, 0.29) is 17.8 Å². The molecule has 1 rings (SSSR count). The number of carbonyl (C=O) groups is 1. The van der Waals surface area contributed by atoms with Crippen molar-refractivity contribution in [1.82, 2.24) is 0 Å². The maximum atomic E-state index is 11.8. The minimum atomic E-state index is -0.845. The Morgan fingerprint density at radius 3 is 2.56 bits per heavy atom. The Morgan fingerprint density at radius 1 is 1.56 bits per heavy atom. The molecule has 0 aromatic rings. The van der Waals surface area contributed by atoms with Crippen molar-refractivity contribution in [2.45, 2.75) is 52.1 Å². The Labute approximate surface area is 98.2 Å². The average Bonchev–Trinajstić information content (AvgIpc) is 2.60. The predicted octanol–water partition coefficient (Wildman–Crippen LogP) is 2.37. The lowest BCUT2D eigenvalue weighted by atomic mass is 9.78. The number of rotatable bonds is 4. The van der Waals surface area contributed by atoms with Gasteiger partial charge in [-0.15, -0.1) is 0 Å². The molecule has 0 spiro atoms. The number of ether oxygens (including phenoxy) is 1. The van der Waals surface area contributed by atoms with Crippen molar-refractivity contribution in [2.24, 2.45) is 17.8 Å². The van der Waals surface area contributed by atoms with E-state index in [1.165, 1.54) is 7.11 Å². The topological polar surface area (TPSA) is 46.5 Å². The molecule has 1 aliphatic rings. The van der Waals surface area contributed by atoms with Crippen LogP contribution in [0.3, 0.4) is 0 Å². The van der Waals surface area contributed by atoms with Gasteiger partial charge in [-0.1, -0.05) is 27.2 Å². The first kappa shape index (κ1) is 13.5. The standard InChI is InChI=1S/C13H24O3/c1-5-10-6-7-13(15,8-10)11(9(2)3)12(14)16-4/h9-11,15H,5-8H2,1-4H3. The summed E-state index contributed by atoms with van der Waals surface area (Å²) in [5, 5.41) is 10.6. The van der Waals surface area contributed by atoms with E-state index < -0.39 is 5.60 Å². The summed E-state index contributed by atoms with van der Waals surface area (Å²) in [6.07, 6.45) is 3.56. The van der Waals surface area contributed by atoms with Gasteiger partial charge >= 0.3 is 5.97 Å². The first-order chi connectivity index (χ1) is 7.44. The molecule has 0 aliphatic heterocycles. The second-order valence-corrected chi connectivity index (χ2v) is 5.37. The molecule has 0 heterocycles. The average molecular weight is 228 g/mol. The molecule has 3 heteroatoms. The second-order valence-electron chi connectivity index (χ2n) is 5.37. The lowest BCUT2D eigenvalue weighted by Gasteiger charge is -2.33. The molecule has 94 valence electrons. The van der Waals surface area contributed by atoms with E-state index in [2.05, 4.69) is 6.92 Å².